The number of hydrogen-bond donors (Lipinski definition) is 2. The van der Waals surface area contributed by atoms with Crippen LogP contribution < -0.4 is 10.6 Å². The summed E-state index contributed by atoms with van der Waals surface area (Å²) in [4.78, 5) is 13.3. The van der Waals surface area contributed by atoms with Crippen LogP contribution in [0.3, 0.4) is 0 Å². The van der Waals surface area contributed by atoms with E-state index in [1.807, 2.05) is 18.2 Å². The summed E-state index contributed by atoms with van der Waals surface area (Å²) in [7, 11) is 0. The molecule has 0 bridgehead atoms. The lowest BCUT2D eigenvalue weighted by molar-refractivity contribution is 0.744. The predicted molar refractivity (Wildman–Crippen MR) is 85.3 cm³/mol. The van der Waals surface area contributed by atoms with Gasteiger partial charge >= 0.3 is 0 Å². The Bertz CT molecular complexity index is 578. The highest BCUT2D eigenvalue weighted by Crippen LogP contribution is 2.24. The SMILES string of the molecule is CCNc1cc(-c2ccncc2)nc(NC2CCCC2)n1. The van der Waals surface area contributed by atoms with Gasteiger partial charge in [-0.25, -0.2) is 4.98 Å². The molecule has 0 amide bonds. The molecule has 0 saturated heterocycles. The van der Waals surface area contributed by atoms with E-state index in [-0.39, 0.29) is 0 Å². The summed E-state index contributed by atoms with van der Waals surface area (Å²) in [5, 5.41) is 6.75. The average molecular weight is 283 g/mol. The van der Waals surface area contributed by atoms with Gasteiger partial charge in [-0.2, -0.15) is 4.98 Å². The van der Waals surface area contributed by atoms with E-state index in [4.69, 9.17) is 0 Å². The van der Waals surface area contributed by atoms with Gasteiger partial charge in [0, 0.05) is 36.6 Å². The van der Waals surface area contributed by atoms with Crippen LogP contribution in [-0.2, 0) is 0 Å². The van der Waals surface area contributed by atoms with Crippen molar-refractivity contribution in [3.05, 3.63) is 30.6 Å². The molecule has 1 aliphatic rings. The number of anilines is 2. The molecule has 2 N–H and O–H groups in total. The van der Waals surface area contributed by atoms with E-state index in [2.05, 4.69) is 32.5 Å². The second-order valence-electron chi connectivity index (χ2n) is 5.35. The van der Waals surface area contributed by atoms with E-state index in [0.29, 0.717) is 12.0 Å². The minimum Gasteiger partial charge on any atom is -0.370 e. The van der Waals surface area contributed by atoms with Crippen LogP contribution in [0.15, 0.2) is 30.6 Å². The minimum atomic E-state index is 0.507. The van der Waals surface area contributed by atoms with Gasteiger partial charge in [0.25, 0.3) is 0 Å². The topological polar surface area (TPSA) is 62.7 Å². The molecule has 2 heterocycles. The Morgan fingerprint density at radius 2 is 1.90 bits per heavy atom. The summed E-state index contributed by atoms with van der Waals surface area (Å²) in [6, 6.07) is 6.43. The van der Waals surface area contributed by atoms with E-state index >= 15 is 0 Å². The maximum absolute atomic E-state index is 4.66. The van der Waals surface area contributed by atoms with Crippen molar-refractivity contribution in [1.29, 1.82) is 0 Å². The number of nitrogens with one attached hydrogen (secondary N) is 2. The summed E-state index contributed by atoms with van der Waals surface area (Å²) in [6.07, 6.45) is 8.57. The molecule has 0 aromatic carbocycles. The van der Waals surface area contributed by atoms with Crippen LogP contribution in [0.1, 0.15) is 32.6 Å². The van der Waals surface area contributed by atoms with Gasteiger partial charge in [-0.15, -0.1) is 0 Å². The van der Waals surface area contributed by atoms with Crippen molar-refractivity contribution in [3.63, 3.8) is 0 Å². The molecular formula is C16H21N5. The van der Waals surface area contributed by atoms with Crippen molar-refractivity contribution in [2.45, 2.75) is 38.6 Å². The monoisotopic (exact) mass is 283 g/mol. The smallest absolute Gasteiger partial charge is 0.225 e. The van der Waals surface area contributed by atoms with Gasteiger partial charge in [-0.3, -0.25) is 4.98 Å². The van der Waals surface area contributed by atoms with E-state index in [9.17, 15) is 0 Å². The van der Waals surface area contributed by atoms with Gasteiger partial charge in [0.1, 0.15) is 5.82 Å². The maximum atomic E-state index is 4.66. The standard InChI is InChI=1S/C16H21N5/c1-2-18-15-11-14(12-7-9-17-10-8-12)20-16(21-15)19-13-5-3-4-6-13/h7-11,13H,2-6H2,1H3,(H2,18,19,20,21). The number of nitrogens with zero attached hydrogens (tertiary/aromatic N) is 3. The molecule has 21 heavy (non-hydrogen) atoms. The van der Waals surface area contributed by atoms with Crippen molar-refractivity contribution < 1.29 is 0 Å². The zero-order chi connectivity index (χ0) is 14.5. The second kappa shape index (κ2) is 6.52. The summed E-state index contributed by atoms with van der Waals surface area (Å²) in [5.74, 6) is 1.58. The fourth-order valence-electron chi connectivity index (χ4n) is 2.71. The first kappa shape index (κ1) is 13.8. The molecule has 5 nitrogen and oxygen atoms in total. The van der Waals surface area contributed by atoms with Crippen molar-refractivity contribution in [1.82, 2.24) is 15.0 Å². The molecule has 0 spiro atoms. The van der Waals surface area contributed by atoms with Gasteiger partial charge in [0.05, 0.1) is 5.69 Å². The fraction of sp³-hybridized carbons (Fsp3) is 0.438. The largest absolute Gasteiger partial charge is 0.370 e. The number of pyridine rings is 1. The normalized spacial score (nSPS) is 15.1. The number of hydrogen-bond acceptors (Lipinski definition) is 5. The number of aromatic nitrogens is 3. The summed E-state index contributed by atoms with van der Waals surface area (Å²) in [6.45, 7) is 2.91. The van der Waals surface area contributed by atoms with E-state index in [1.54, 1.807) is 12.4 Å². The molecule has 1 fully saturated rings. The summed E-state index contributed by atoms with van der Waals surface area (Å²) in [5.41, 5.74) is 1.98. The van der Waals surface area contributed by atoms with Crippen LogP contribution in [0.2, 0.25) is 0 Å². The average Bonchev–Trinajstić information content (AvgIpc) is 3.01. The van der Waals surface area contributed by atoms with Crippen LogP contribution in [0.4, 0.5) is 11.8 Å². The lowest BCUT2D eigenvalue weighted by Crippen LogP contribution is -2.17. The molecule has 2 aromatic rings. The van der Waals surface area contributed by atoms with Gasteiger partial charge in [0.15, 0.2) is 0 Å². The fourth-order valence-corrected chi connectivity index (χ4v) is 2.71. The quantitative estimate of drug-likeness (QED) is 0.881. The Hall–Kier alpha value is -2.17. The van der Waals surface area contributed by atoms with Crippen molar-refractivity contribution in [3.8, 4) is 11.3 Å². The van der Waals surface area contributed by atoms with Crippen LogP contribution >= 0.6 is 0 Å². The van der Waals surface area contributed by atoms with Gasteiger partial charge in [-0.05, 0) is 31.9 Å². The van der Waals surface area contributed by atoms with Gasteiger partial charge in [-0.1, -0.05) is 12.8 Å². The van der Waals surface area contributed by atoms with Gasteiger partial charge < -0.3 is 10.6 Å². The highest BCUT2D eigenvalue weighted by molar-refractivity contribution is 5.63. The minimum absolute atomic E-state index is 0.507. The van der Waals surface area contributed by atoms with Crippen LogP contribution in [0.25, 0.3) is 11.3 Å². The van der Waals surface area contributed by atoms with Crippen LogP contribution in [-0.4, -0.2) is 27.5 Å². The Balaban J connectivity index is 1.89. The highest BCUT2D eigenvalue weighted by atomic mass is 15.2. The van der Waals surface area contributed by atoms with Crippen LogP contribution in [0, 0.1) is 0 Å². The molecule has 3 rings (SSSR count). The molecule has 0 aliphatic heterocycles. The first-order chi connectivity index (χ1) is 10.3. The van der Waals surface area contributed by atoms with E-state index < -0.39 is 0 Å². The van der Waals surface area contributed by atoms with Crippen molar-refractivity contribution in [2.24, 2.45) is 0 Å². The summed E-state index contributed by atoms with van der Waals surface area (Å²) < 4.78 is 0. The summed E-state index contributed by atoms with van der Waals surface area (Å²) >= 11 is 0. The Morgan fingerprint density at radius 3 is 2.62 bits per heavy atom. The predicted octanol–water partition coefficient (Wildman–Crippen LogP) is 3.32. The lowest BCUT2D eigenvalue weighted by atomic mass is 10.2. The lowest BCUT2D eigenvalue weighted by Gasteiger charge is -2.14. The Kier molecular flexibility index (Phi) is 4.28. The molecule has 1 saturated carbocycles. The van der Waals surface area contributed by atoms with E-state index in [1.165, 1.54) is 25.7 Å². The first-order valence-corrected chi connectivity index (χ1v) is 7.65. The van der Waals surface area contributed by atoms with Crippen molar-refractivity contribution in [2.75, 3.05) is 17.2 Å². The van der Waals surface area contributed by atoms with Crippen LogP contribution in [0.5, 0.6) is 0 Å². The maximum Gasteiger partial charge on any atom is 0.225 e. The first-order valence-electron chi connectivity index (χ1n) is 7.65. The molecule has 0 atom stereocenters. The molecule has 2 aromatic heterocycles. The Morgan fingerprint density at radius 1 is 1.14 bits per heavy atom. The van der Waals surface area contributed by atoms with E-state index in [0.717, 1.165) is 23.6 Å². The van der Waals surface area contributed by atoms with Crippen molar-refractivity contribution >= 4 is 11.8 Å². The zero-order valence-corrected chi connectivity index (χ0v) is 12.3. The molecule has 5 heteroatoms. The highest BCUT2D eigenvalue weighted by Gasteiger charge is 2.16. The molecule has 0 radical (unpaired) electrons. The zero-order valence-electron chi connectivity index (χ0n) is 12.3. The Labute approximate surface area is 125 Å². The second-order valence-corrected chi connectivity index (χ2v) is 5.35. The third-order valence-corrected chi connectivity index (χ3v) is 3.75. The molecule has 0 unspecified atom stereocenters. The van der Waals surface area contributed by atoms with Gasteiger partial charge in [0.2, 0.25) is 5.95 Å². The third kappa shape index (κ3) is 3.48. The molecule has 1 aliphatic carbocycles. The number of rotatable bonds is 5. The molecule has 110 valence electrons. The third-order valence-electron chi connectivity index (χ3n) is 3.75. The molecular weight excluding hydrogens is 262 g/mol.